The minimum absolute atomic E-state index is 0.300. The highest BCUT2D eigenvalue weighted by Crippen LogP contribution is 2.31. The molecular formula is C13H10FN3O. The van der Waals surface area contributed by atoms with Crippen LogP contribution in [0.15, 0.2) is 30.5 Å². The van der Waals surface area contributed by atoms with Gasteiger partial charge >= 0.3 is 0 Å². The zero-order valence-electron chi connectivity index (χ0n) is 9.48. The monoisotopic (exact) mass is 243 g/mol. The summed E-state index contributed by atoms with van der Waals surface area (Å²) in [6.07, 6.45) is 1.61. The molecule has 0 saturated carbocycles. The number of imidazole rings is 1. The van der Waals surface area contributed by atoms with Crippen molar-refractivity contribution in [3.05, 3.63) is 42.1 Å². The Kier molecular flexibility index (Phi) is 2.39. The minimum atomic E-state index is -0.675. The summed E-state index contributed by atoms with van der Waals surface area (Å²) >= 11 is 0. The normalized spacial score (nSPS) is 16.9. The molecular weight excluding hydrogens is 233 g/mol. The van der Waals surface area contributed by atoms with Crippen molar-refractivity contribution in [2.75, 3.05) is 13.2 Å². The van der Waals surface area contributed by atoms with E-state index in [0.29, 0.717) is 30.3 Å². The van der Waals surface area contributed by atoms with Crippen LogP contribution in [0.1, 0.15) is 5.82 Å². The van der Waals surface area contributed by atoms with Crippen molar-refractivity contribution in [2.45, 2.75) is 5.41 Å². The summed E-state index contributed by atoms with van der Waals surface area (Å²) in [7, 11) is 0. The van der Waals surface area contributed by atoms with E-state index in [9.17, 15) is 4.39 Å². The maximum absolute atomic E-state index is 13.1. The molecule has 90 valence electrons. The molecule has 0 amide bonds. The van der Waals surface area contributed by atoms with Crippen molar-refractivity contribution in [2.24, 2.45) is 0 Å². The molecule has 0 aliphatic carbocycles. The molecule has 0 unspecified atom stereocenters. The van der Waals surface area contributed by atoms with Crippen LogP contribution in [0.3, 0.4) is 0 Å². The second kappa shape index (κ2) is 3.93. The van der Waals surface area contributed by atoms with Crippen molar-refractivity contribution in [1.82, 2.24) is 9.97 Å². The first-order valence-electron chi connectivity index (χ1n) is 5.54. The van der Waals surface area contributed by atoms with Gasteiger partial charge in [-0.05, 0) is 12.1 Å². The number of hydrogen-bond donors (Lipinski definition) is 1. The molecule has 1 aliphatic rings. The second-order valence-corrected chi connectivity index (χ2v) is 4.34. The van der Waals surface area contributed by atoms with Crippen LogP contribution < -0.4 is 0 Å². The highest BCUT2D eigenvalue weighted by molar-refractivity contribution is 5.58. The molecule has 1 aromatic heterocycles. The average Bonchev–Trinajstić information content (AvgIpc) is 2.78. The summed E-state index contributed by atoms with van der Waals surface area (Å²) in [5.41, 5.74) is 0.735. The minimum Gasteiger partial charge on any atom is -0.377 e. The van der Waals surface area contributed by atoms with Crippen molar-refractivity contribution in [3.63, 3.8) is 0 Å². The van der Waals surface area contributed by atoms with Crippen molar-refractivity contribution in [1.29, 1.82) is 5.26 Å². The number of hydrogen-bond acceptors (Lipinski definition) is 3. The molecule has 2 aromatic rings. The van der Waals surface area contributed by atoms with E-state index >= 15 is 0 Å². The predicted octanol–water partition coefficient (Wildman–Crippen LogP) is 2.01. The third-order valence-electron chi connectivity index (χ3n) is 3.08. The Morgan fingerprint density at radius 2 is 2.28 bits per heavy atom. The van der Waals surface area contributed by atoms with Gasteiger partial charge in [-0.15, -0.1) is 0 Å². The van der Waals surface area contributed by atoms with E-state index in [1.807, 2.05) is 0 Å². The Morgan fingerprint density at radius 3 is 2.89 bits per heavy atom. The van der Waals surface area contributed by atoms with Gasteiger partial charge in [0.15, 0.2) is 5.41 Å². The molecule has 0 atom stereocenters. The fourth-order valence-corrected chi connectivity index (χ4v) is 1.93. The molecule has 5 heteroatoms. The Bertz CT molecular complexity index is 625. The zero-order valence-corrected chi connectivity index (χ0v) is 9.48. The summed E-state index contributed by atoms with van der Waals surface area (Å²) < 4.78 is 18.2. The smallest absolute Gasteiger partial charge is 0.161 e. The summed E-state index contributed by atoms with van der Waals surface area (Å²) in [6.45, 7) is 0.694. The van der Waals surface area contributed by atoms with E-state index < -0.39 is 5.41 Å². The van der Waals surface area contributed by atoms with Gasteiger partial charge in [-0.2, -0.15) is 5.26 Å². The zero-order chi connectivity index (χ0) is 12.6. The lowest BCUT2D eigenvalue weighted by Crippen LogP contribution is -2.46. The molecule has 1 aromatic carbocycles. The molecule has 2 heterocycles. The van der Waals surface area contributed by atoms with Crippen molar-refractivity contribution >= 4 is 0 Å². The molecule has 1 aliphatic heterocycles. The number of nitriles is 1. The largest absolute Gasteiger partial charge is 0.377 e. The predicted molar refractivity (Wildman–Crippen MR) is 62.1 cm³/mol. The van der Waals surface area contributed by atoms with Crippen LogP contribution >= 0.6 is 0 Å². The fourth-order valence-electron chi connectivity index (χ4n) is 1.93. The summed E-state index contributed by atoms with van der Waals surface area (Å²) in [5.74, 6) is 0.279. The third kappa shape index (κ3) is 1.59. The Hall–Kier alpha value is -2.19. The lowest BCUT2D eigenvalue weighted by Gasteiger charge is -2.32. The van der Waals surface area contributed by atoms with Crippen LogP contribution in [-0.2, 0) is 10.2 Å². The maximum atomic E-state index is 13.1. The number of aromatic amines is 1. The Balaban J connectivity index is 1.97. The highest BCUT2D eigenvalue weighted by Gasteiger charge is 2.43. The molecule has 4 nitrogen and oxygen atoms in total. The van der Waals surface area contributed by atoms with Gasteiger partial charge in [0.1, 0.15) is 11.6 Å². The molecule has 1 fully saturated rings. The van der Waals surface area contributed by atoms with Crippen molar-refractivity contribution in [3.8, 4) is 17.3 Å². The lowest BCUT2D eigenvalue weighted by atomic mass is 9.87. The average molecular weight is 243 g/mol. The number of nitrogens with one attached hydrogen (secondary N) is 1. The van der Waals surface area contributed by atoms with Gasteiger partial charge in [0, 0.05) is 5.56 Å². The third-order valence-corrected chi connectivity index (χ3v) is 3.08. The van der Waals surface area contributed by atoms with E-state index in [-0.39, 0.29) is 5.82 Å². The lowest BCUT2D eigenvalue weighted by molar-refractivity contribution is -0.0335. The number of benzene rings is 1. The summed E-state index contributed by atoms with van der Waals surface area (Å²) in [6, 6.07) is 8.45. The van der Waals surface area contributed by atoms with Gasteiger partial charge in [-0.1, -0.05) is 12.1 Å². The topological polar surface area (TPSA) is 61.7 Å². The van der Waals surface area contributed by atoms with Crippen LogP contribution in [0.5, 0.6) is 0 Å². The number of halogens is 1. The molecule has 18 heavy (non-hydrogen) atoms. The van der Waals surface area contributed by atoms with E-state index in [2.05, 4.69) is 16.0 Å². The number of rotatable bonds is 2. The first-order chi connectivity index (χ1) is 8.73. The number of nitrogens with zero attached hydrogens (tertiary/aromatic N) is 2. The number of H-pyrrole nitrogens is 1. The SMILES string of the molecule is N#CC1(c2ncc(-c3cccc(F)c3)[nH]2)COC1. The van der Waals surface area contributed by atoms with Crippen molar-refractivity contribution < 1.29 is 9.13 Å². The first-order valence-corrected chi connectivity index (χ1v) is 5.54. The summed E-state index contributed by atoms with van der Waals surface area (Å²) in [4.78, 5) is 7.28. The number of ether oxygens (including phenoxy) is 1. The Labute approximate surface area is 103 Å². The van der Waals surface area contributed by atoms with Crippen LogP contribution in [0.25, 0.3) is 11.3 Å². The molecule has 3 rings (SSSR count). The van der Waals surface area contributed by atoms with Gasteiger partial charge in [0.25, 0.3) is 0 Å². The van der Waals surface area contributed by atoms with Gasteiger partial charge in [0.2, 0.25) is 0 Å². The van der Waals surface area contributed by atoms with Gasteiger partial charge in [0.05, 0.1) is 31.2 Å². The number of aromatic nitrogens is 2. The van der Waals surface area contributed by atoms with E-state index in [1.54, 1.807) is 18.3 Å². The Morgan fingerprint density at radius 1 is 1.44 bits per heavy atom. The first kappa shape index (κ1) is 10.9. The van der Waals surface area contributed by atoms with Crippen LogP contribution in [0, 0.1) is 17.1 Å². The van der Waals surface area contributed by atoms with E-state index in [4.69, 9.17) is 10.00 Å². The van der Waals surface area contributed by atoms with Gasteiger partial charge in [-0.3, -0.25) is 0 Å². The van der Waals surface area contributed by atoms with Crippen LogP contribution in [0.2, 0.25) is 0 Å². The molecule has 1 N–H and O–H groups in total. The highest BCUT2D eigenvalue weighted by atomic mass is 19.1. The summed E-state index contributed by atoms with van der Waals surface area (Å²) in [5, 5.41) is 9.16. The fraction of sp³-hybridized carbons (Fsp3) is 0.231. The van der Waals surface area contributed by atoms with Gasteiger partial charge in [-0.25, -0.2) is 9.37 Å². The molecule has 0 spiro atoms. The second-order valence-electron chi connectivity index (χ2n) is 4.34. The molecule has 1 saturated heterocycles. The van der Waals surface area contributed by atoms with Crippen LogP contribution in [-0.4, -0.2) is 23.2 Å². The van der Waals surface area contributed by atoms with E-state index in [1.165, 1.54) is 12.1 Å². The maximum Gasteiger partial charge on any atom is 0.161 e. The molecule has 0 radical (unpaired) electrons. The quantitative estimate of drug-likeness (QED) is 0.877. The standard InChI is InChI=1S/C13H10FN3O/c14-10-3-1-2-9(4-10)11-5-16-12(17-11)13(6-15)7-18-8-13/h1-5H,7-8H2,(H,16,17). The van der Waals surface area contributed by atoms with Crippen LogP contribution in [0.4, 0.5) is 4.39 Å². The van der Waals surface area contributed by atoms with E-state index in [0.717, 1.165) is 0 Å². The molecule has 0 bridgehead atoms. The van der Waals surface area contributed by atoms with Gasteiger partial charge < -0.3 is 9.72 Å².